The molecule has 1 rings (SSSR count). The van der Waals surface area contributed by atoms with Crippen molar-refractivity contribution in [3.05, 3.63) is 35.6 Å². The van der Waals surface area contributed by atoms with E-state index in [1.807, 2.05) is 33.3 Å². The van der Waals surface area contributed by atoms with E-state index in [-0.39, 0.29) is 11.9 Å². The van der Waals surface area contributed by atoms with Crippen LogP contribution in [0.2, 0.25) is 0 Å². The third-order valence-corrected chi connectivity index (χ3v) is 2.80. The molecule has 1 aromatic carbocycles. The van der Waals surface area contributed by atoms with Crippen LogP contribution in [-0.4, -0.2) is 45.6 Å². The van der Waals surface area contributed by atoms with Crippen LogP contribution in [0.15, 0.2) is 29.3 Å². The van der Waals surface area contributed by atoms with Crippen LogP contribution in [0.1, 0.15) is 11.6 Å². The third-order valence-electron chi connectivity index (χ3n) is 2.80. The minimum absolute atomic E-state index is 0.163. The van der Waals surface area contributed by atoms with E-state index >= 15 is 0 Å². The van der Waals surface area contributed by atoms with Gasteiger partial charge in [-0.2, -0.15) is 0 Å². The summed E-state index contributed by atoms with van der Waals surface area (Å²) in [5.41, 5.74) is 1.07. The molecule has 1 aromatic rings. The monoisotopic (exact) mass is 252 g/mol. The third kappa shape index (κ3) is 4.00. The molecule has 18 heavy (non-hydrogen) atoms. The predicted molar refractivity (Wildman–Crippen MR) is 73.2 cm³/mol. The van der Waals surface area contributed by atoms with Gasteiger partial charge >= 0.3 is 0 Å². The lowest BCUT2D eigenvalue weighted by Gasteiger charge is -2.25. The number of benzene rings is 1. The fraction of sp³-hybridized carbons (Fsp3) is 0.462. The van der Waals surface area contributed by atoms with Gasteiger partial charge in [0.2, 0.25) is 0 Å². The van der Waals surface area contributed by atoms with E-state index in [1.54, 1.807) is 7.05 Å². The van der Waals surface area contributed by atoms with Crippen molar-refractivity contribution in [2.24, 2.45) is 4.99 Å². The van der Waals surface area contributed by atoms with Crippen LogP contribution in [-0.2, 0) is 0 Å². The van der Waals surface area contributed by atoms with Gasteiger partial charge in [0.25, 0.3) is 0 Å². The van der Waals surface area contributed by atoms with E-state index in [4.69, 9.17) is 0 Å². The zero-order chi connectivity index (χ0) is 13.5. The first-order valence-electron chi connectivity index (χ1n) is 5.88. The van der Waals surface area contributed by atoms with E-state index < -0.39 is 0 Å². The number of hydrogen-bond acceptors (Lipinski definition) is 2. The molecule has 0 aliphatic rings. The number of likely N-dealkylation sites (N-methyl/N-ethyl adjacent to an activating group) is 1. The zero-order valence-corrected chi connectivity index (χ0v) is 11.4. The molecule has 1 unspecified atom stereocenters. The quantitative estimate of drug-likeness (QED) is 0.625. The highest BCUT2D eigenvalue weighted by molar-refractivity contribution is 5.79. The molecule has 0 spiro atoms. The lowest BCUT2D eigenvalue weighted by atomic mass is 10.1. The molecular weight excluding hydrogens is 231 g/mol. The van der Waals surface area contributed by atoms with E-state index in [0.717, 1.165) is 11.5 Å². The van der Waals surface area contributed by atoms with Crippen LogP contribution in [0.3, 0.4) is 0 Å². The molecule has 0 heterocycles. The topological polar surface area (TPSA) is 39.7 Å². The Kier molecular flexibility index (Phi) is 5.58. The van der Waals surface area contributed by atoms with E-state index in [2.05, 4.69) is 20.5 Å². The van der Waals surface area contributed by atoms with Crippen LogP contribution in [0, 0.1) is 5.82 Å². The molecule has 100 valence electrons. The summed E-state index contributed by atoms with van der Waals surface area (Å²) in [7, 11) is 7.54. The van der Waals surface area contributed by atoms with Crippen molar-refractivity contribution in [1.82, 2.24) is 15.5 Å². The van der Waals surface area contributed by atoms with Gasteiger partial charge in [0, 0.05) is 20.6 Å². The molecule has 5 heteroatoms. The molecule has 0 aliphatic heterocycles. The lowest BCUT2D eigenvalue weighted by Crippen LogP contribution is -2.40. The Morgan fingerprint density at radius 1 is 1.33 bits per heavy atom. The fourth-order valence-electron chi connectivity index (χ4n) is 1.76. The molecule has 0 bridgehead atoms. The summed E-state index contributed by atoms with van der Waals surface area (Å²) in [6, 6.07) is 6.75. The van der Waals surface area contributed by atoms with Gasteiger partial charge in [-0.25, -0.2) is 4.39 Å². The summed E-state index contributed by atoms with van der Waals surface area (Å²) < 4.78 is 12.9. The maximum atomic E-state index is 12.9. The molecule has 0 aromatic heterocycles. The number of rotatable bonds is 4. The standard InChI is InChI=1S/C13H21FN4/c1-15-13(16-2)17-9-12(18(3)4)10-5-7-11(14)8-6-10/h5-8,12H,9H2,1-4H3,(H2,15,16,17). The zero-order valence-electron chi connectivity index (χ0n) is 11.4. The summed E-state index contributed by atoms with van der Waals surface area (Å²) in [5.74, 6) is 0.527. The summed E-state index contributed by atoms with van der Waals surface area (Å²) >= 11 is 0. The lowest BCUT2D eigenvalue weighted by molar-refractivity contribution is 0.298. The van der Waals surface area contributed by atoms with Gasteiger partial charge < -0.3 is 15.5 Å². The number of hydrogen-bond donors (Lipinski definition) is 2. The molecule has 0 radical (unpaired) electrons. The van der Waals surface area contributed by atoms with E-state index in [9.17, 15) is 4.39 Å². The van der Waals surface area contributed by atoms with Gasteiger partial charge in [0.15, 0.2) is 5.96 Å². The van der Waals surface area contributed by atoms with Gasteiger partial charge in [-0.3, -0.25) is 4.99 Å². The molecule has 0 saturated carbocycles. The van der Waals surface area contributed by atoms with Crippen LogP contribution in [0.25, 0.3) is 0 Å². The predicted octanol–water partition coefficient (Wildman–Crippen LogP) is 1.22. The first kappa shape index (κ1) is 14.4. The molecule has 1 atom stereocenters. The Morgan fingerprint density at radius 2 is 1.94 bits per heavy atom. The Labute approximate surface area is 108 Å². The molecule has 0 amide bonds. The average molecular weight is 252 g/mol. The second-order valence-corrected chi connectivity index (χ2v) is 4.23. The molecule has 0 fully saturated rings. The minimum atomic E-state index is -0.213. The van der Waals surface area contributed by atoms with Gasteiger partial charge in [-0.05, 0) is 31.8 Å². The van der Waals surface area contributed by atoms with Crippen LogP contribution in [0.4, 0.5) is 4.39 Å². The Morgan fingerprint density at radius 3 is 2.39 bits per heavy atom. The van der Waals surface area contributed by atoms with Crippen molar-refractivity contribution in [3.8, 4) is 0 Å². The smallest absolute Gasteiger partial charge is 0.190 e. The minimum Gasteiger partial charge on any atom is -0.359 e. The normalized spacial score (nSPS) is 13.6. The van der Waals surface area contributed by atoms with Gasteiger partial charge in [0.1, 0.15) is 5.82 Å². The van der Waals surface area contributed by atoms with Crippen LogP contribution in [0.5, 0.6) is 0 Å². The molecule has 0 saturated heterocycles. The van der Waals surface area contributed by atoms with Gasteiger partial charge in [-0.1, -0.05) is 12.1 Å². The SMILES string of the molecule is CN=C(NC)NCC(c1ccc(F)cc1)N(C)C. The molecule has 0 aliphatic carbocycles. The Balaban J connectivity index is 2.74. The second kappa shape index (κ2) is 6.96. The second-order valence-electron chi connectivity index (χ2n) is 4.23. The first-order valence-corrected chi connectivity index (χ1v) is 5.88. The first-order chi connectivity index (χ1) is 8.58. The van der Waals surface area contributed by atoms with Crippen LogP contribution >= 0.6 is 0 Å². The largest absolute Gasteiger partial charge is 0.359 e. The molecule has 4 nitrogen and oxygen atoms in total. The Bertz CT molecular complexity index is 386. The molecule has 2 N–H and O–H groups in total. The Hall–Kier alpha value is -1.62. The van der Waals surface area contributed by atoms with Gasteiger partial charge in [0.05, 0.1) is 6.04 Å². The summed E-state index contributed by atoms with van der Waals surface area (Å²) in [6.07, 6.45) is 0. The van der Waals surface area contributed by atoms with Crippen molar-refractivity contribution in [2.45, 2.75) is 6.04 Å². The fourth-order valence-corrected chi connectivity index (χ4v) is 1.76. The van der Waals surface area contributed by atoms with Crippen LogP contribution < -0.4 is 10.6 Å². The highest BCUT2D eigenvalue weighted by atomic mass is 19.1. The van der Waals surface area contributed by atoms with Gasteiger partial charge in [-0.15, -0.1) is 0 Å². The van der Waals surface area contributed by atoms with Crippen molar-refractivity contribution < 1.29 is 4.39 Å². The molecular formula is C13H21FN4. The number of aliphatic imine (C=N–C) groups is 1. The number of halogens is 1. The number of nitrogens with zero attached hydrogens (tertiary/aromatic N) is 2. The maximum absolute atomic E-state index is 12.9. The van der Waals surface area contributed by atoms with E-state index in [1.165, 1.54) is 12.1 Å². The average Bonchev–Trinajstić information content (AvgIpc) is 2.36. The summed E-state index contributed by atoms with van der Waals surface area (Å²) in [4.78, 5) is 6.15. The van der Waals surface area contributed by atoms with Crippen molar-refractivity contribution >= 4 is 5.96 Å². The van der Waals surface area contributed by atoms with Crippen molar-refractivity contribution in [1.29, 1.82) is 0 Å². The number of guanidine groups is 1. The summed E-state index contributed by atoms with van der Waals surface area (Å²) in [5, 5.41) is 6.18. The number of nitrogens with one attached hydrogen (secondary N) is 2. The summed E-state index contributed by atoms with van der Waals surface area (Å²) in [6.45, 7) is 0.701. The van der Waals surface area contributed by atoms with Crippen molar-refractivity contribution in [2.75, 3.05) is 34.7 Å². The van der Waals surface area contributed by atoms with Crippen molar-refractivity contribution in [3.63, 3.8) is 0 Å². The highest BCUT2D eigenvalue weighted by Gasteiger charge is 2.14. The highest BCUT2D eigenvalue weighted by Crippen LogP contribution is 2.17. The maximum Gasteiger partial charge on any atom is 0.190 e. The van der Waals surface area contributed by atoms with E-state index in [0.29, 0.717) is 6.54 Å².